The highest BCUT2D eigenvalue weighted by Gasteiger charge is 2.13. The lowest BCUT2D eigenvalue weighted by molar-refractivity contribution is 0.830. The number of nitrogens with one attached hydrogen (secondary N) is 1. The number of nitrogens with two attached hydrogens (primary N) is 1. The predicted octanol–water partition coefficient (Wildman–Crippen LogP) is 2.62. The van der Waals surface area contributed by atoms with E-state index in [1.807, 2.05) is 35.9 Å². The molecule has 0 fully saturated rings. The Morgan fingerprint density at radius 3 is 2.72 bits per heavy atom. The molecule has 1 aromatic heterocycles. The Labute approximate surface area is 115 Å². The smallest absolute Gasteiger partial charge is 0.0832 e. The quantitative estimate of drug-likeness (QED) is 0.913. The molecule has 0 bridgehead atoms. The van der Waals surface area contributed by atoms with E-state index in [2.05, 4.69) is 33.3 Å². The van der Waals surface area contributed by atoms with E-state index < -0.39 is 0 Å². The molecule has 0 saturated carbocycles. The summed E-state index contributed by atoms with van der Waals surface area (Å²) >= 11 is 3.55. The van der Waals surface area contributed by atoms with Gasteiger partial charge in [-0.15, -0.1) is 0 Å². The molecule has 2 rings (SSSR count). The molecule has 0 saturated heterocycles. The van der Waals surface area contributed by atoms with E-state index in [4.69, 9.17) is 5.73 Å². The number of hydrogen-bond acceptors (Lipinski definition) is 3. The van der Waals surface area contributed by atoms with Crippen molar-refractivity contribution in [1.29, 1.82) is 0 Å². The third kappa shape index (κ3) is 2.42. The van der Waals surface area contributed by atoms with Crippen LogP contribution in [0.5, 0.6) is 0 Å². The fourth-order valence-corrected chi connectivity index (χ4v) is 2.41. The van der Waals surface area contributed by atoms with Gasteiger partial charge in [-0.25, -0.2) is 4.68 Å². The maximum Gasteiger partial charge on any atom is 0.0832 e. The van der Waals surface area contributed by atoms with Gasteiger partial charge >= 0.3 is 0 Å². The molecule has 0 spiro atoms. The third-order valence-electron chi connectivity index (χ3n) is 2.82. The SMILES string of the molecule is Cc1nn(-c2ccccc2Br)c(C)c1NCCN. The summed E-state index contributed by atoms with van der Waals surface area (Å²) in [6, 6.07) is 8.05. The maximum absolute atomic E-state index is 5.52. The minimum Gasteiger partial charge on any atom is -0.381 e. The van der Waals surface area contributed by atoms with Crippen LogP contribution in [0, 0.1) is 13.8 Å². The van der Waals surface area contributed by atoms with Crippen LogP contribution in [-0.4, -0.2) is 22.9 Å². The van der Waals surface area contributed by atoms with Crippen LogP contribution in [0.2, 0.25) is 0 Å². The molecule has 0 atom stereocenters. The summed E-state index contributed by atoms with van der Waals surface area (Å²) in [6.45, 7) is 5.42. The molecule has 0 aliphatic heterocycles. The van der Waals surface area contributed by atoms with Crippen LogP contribution in [0.4, 0.5) is 5.69 Å². The Morgan fingerprint density at radius 2 is 2.06 bits per heavy atom. The molecule has 2 aromatic rings. The van der Waals surface area contributed by atoms with Crippen molar-refractivity contribution in [1.82, 2.24) is 9.78 Å². The highest BCUT2D eigenvalue weighted by atomic mass is 79.9. The second-order valence-electron chi connectivity index (χ2n) is 4.12. The molecule has 96 valence electrons. The van der Waals surface area contributed by atoms with Gasteiger partial charge in [0.2, 0.25) is 0 Å². The van der Waals surface area contributed by atoms with Crippen LogP contribution < -0.4 is 11.1 Å². The number of anilines is 1. The van der Waals surface area contributed by atoms with Crippen molar-refractivity contribution in [3.63, 3.8) is 0 Å². The summed E-state index contributed by atoms with van der Waals surface area (Å²) in [6.07, 6.45) is 0. The first-order chi connectivity index (χ1) is 8.65. The van der Waals surface area contributed by atoms with Crippen molar-refractivity contribution in [3.05, 3.63) is 40.1 Å². The van der Waals surface area contributed by atoms with Gasteiger partial charge < -0.3 is 11.1 Å². The van der Waals surface area contributed by atoms with Crippen molar-refractivity contribution >= 4 is 21.6 Å². The highest BCUT2D eigenvalue weighted by Crippen LogP contribution is 2.26. The number of halogens is 1. The van der Waals surface area contributed by atoms with Crippen molar-refractivity contribution in [2.75, 3.05) is 18.4 Å². The summed E-state index contributed by atoms with van der Waals surface area (Å²) in [5.74, 6) is 0. The summed E-state index contributed by atoms with van der Waals surface area (Å²) in [5, 5.41) is 7.89. The lowest BCUT2D eigenvalue weighted by Gasteiger charge is -2.08. The first kappa shape index (κ1) is 13.1. The molecular formula is C13H17BrN4. The van der Waals surface area contributed by atoms with E-state index in [0.717, 1.165) is 33.8 Å². The van der Waals surface area contributed by atoms with Gasteiger partial charge in [-0.05, 0) is 41.9 Å². The predicted molar refractivity (Wildman–Crippen MR) is 78.3 cm³/mol. The summed E-state index contributed by atoms with van der Waals surface area (Å²) in [5.41, 5.74) is 9.70. The molecule has 0 unspecified atom stereocenters. The molecule has 0 amide bonds. The normalized spacial score (nSPS) is 10.7. The number of hydrogen-bond donors (Lipinski definition) is 2. The zero-order chi connectivity index (χ0) is 13.1. The topological polar surface area (TPSA) is 55.9 Å². The van der Waals surface area contributed by atoms with Gasteiger partial charge in [0.1, 0.15) is 0 Å². The van der Waals surface area contributed by atoms with Crippen molar-refractivity contribution < 1.29 is 0 Å². The van der Waals surface area contributed by atoms with Gasteiger partial charge in [0, 0.05) is 17.6 Å². The Kier molecular flexibility index (Phi) is 4.04. The third-order valence-corrected chi connectivity index (χ3v) is 3.49. The first-order valence-corrected chi connectivity index (χ1v) is 6.69. The van der Waals surface area contributed by atoms with Crippen molar-refractivity contribution in [3.8, 4) is 5.69 Å². The fraction of sp³-hybridized carbons (Fsp3) is 0.308. The largest absolute Gasteiger partial charge is 0.381 e. The molecule has 0 aliphatic rings. The van der Waals surface area contributed by atoms with E-state index in [-0.39, 0.29) is 0 Å². The van der Waals surface area contributed by atoms with Gasteiger partial charge in [0.15, 0.2) is 0 Å². The van der Waals surface area contributed by atoms with Gasteiger partial charge in [-0.3, -0.25) is 0 Å². The highest BCUT2D eigenvalue weighted by molar-refractivity contribution is 9.10. The number of para-hydroxylation sites is 1. The van der Waals surface area contributed by atoms with E-state index >= 15 is 0 Å². The summed E-state index contributed by atoms with van der Waals surface area (Å²) < 4.78 is 2.97. The number of benzene rings is 1. The number of nitrogens with zero attached hydrogens (tertiary/aromatic N) is 2. The molecule has 1 aromatic carbocycles. The monoisotopic (exact) mass is 308 g/mol. The second kappa shape index (κ2) is 5.54. The van der Waals surface area contributed by atoms with Gasteiger partial charge in [0.05, 0.1) is 22.8 Å². The Morgan fingerprint density at radius 1 is 1.33 bits per heavy atom. The molecule has 18 heavy (non-hydrogen) atoms. The summed E-state index contributed by atoms with van der Waals surface area (Å²) in [4.78, 5) is 0. The summed E-state index contributed by atoms with van der Waals surface area (Å²) in [7, 11) is 0. The molecule has 0 radical (unpaired) electrons. The number of aromatic nitrogens is 2. The molecule has 1 heterocycles. The minimum atomic E-state index is 0.610. The van der Waals surface area contributed by atoms with Crippen molar-refractivity contribution in [2.45, 2.75) is 13.8 Å². The second-order valence-corrected chi connectivity index (χ2v) is 4.98. The first-order valence-electron chi connectivity index (χ1n) is 5.90. The lowest BCUT2D eigenvalue weighted by Crippen LogP contribution is -2.14. The van der Waals surface area contributed by atoms with Gasteiger partial charge in [-0.1, -0.05) is 12.1 Å². The molecule has 4 nitrogen and oxygen atoms in total. The van der Waals surface area contributed by atoms with Gasteiger partial charge in [0.25, 0.3) is 0 Å². The van der Waals surface area contributed by atoms with E-state index in [9.17, 15) is 0 Å². The Bertz CT molecular complexity index is 548. The zero-order valence-corrected chi connectivity index (χ0v) is 12.2. The molecular weight excluding hydrogens is 292 g/mol. The average Bonchev–Trinajstić information content (AvgIpc) is 2.63. The van der Waals surface area contributed by atoms with Crippen molar-refractivity contribution in [2.24, 2.45) is 5.73 Å². The molecule has 0 aliphatic carbocycles. The zero-order valence-electron chi connectivity index (χ0n) is 10.6. The fourth-order valence-electron chi connectivity index (χ4n) is 1.95. The Hall–Kier alpha value is -1.33. The van der Waals surface area contributed by atoms with E-state index in [0.29, 0.717) is 6.54 Å². The minimum absolute atomic E-state index is 0.610. The average molecular weight is 309 g/mol. The molecule has 5 heteroatoms. The van der Waals surface area contributed by atoms with Crippen LogP contribution in [-0.2, 0) is 0 Å². The van der Waals surface area contributed by atoms with Gasteiger partial charge in [-0.2, -0.15) is 5.10 Å². The standard InChI is InChI=1S/C13H17BrN4/c1-9-13(16-8-7-15)10(2)18(17-9)12-6-4-3-5-11(12)14/h3-6,16H,7-8,15H2,1-2H3. The lowest BCUT2D eigenvalue weighted by atomic mass is 10.3. The van der Waals surface area contributed by atoms with Crippen LogP contribution >= 0.6 is 15.9 Å². The van der Waals surface area contributed by atoms with Crippen LogP contribution in [0.3, 0.4) is 0 Å². The maximum atomic E-state index is 5.52. The number of aryl methyl sites for hydroxylation is 1. The number of rotatable bonds is 4. The molecule has 3 N–H and O–H groups in total. The Balaban J connectivity index is 2.44. The van der Waals surface area contributed by atoms with Crippen LogP contribution in [0.15, 0.2) is 28.7 Å². The van der Waals surface area contributed by atoms with E-state index in [1.165, 1.54) is 0 Å². The van der Waals surface area contributed by atoms with Crippen LogP contribution in [0.1, 0.15) is 11.4 Å². The van der Waals surface area contributed by atoms with Crippen LogP contribution in [0.25, 0.3) is 5.69 Å². The van der Waals surface area contributed by atoms with E-state index in [1.54, 1.807) is 0 Å².